The number of hydrogen-bond donors (Lipinski definition) is 2. The van der Waals surface area contributed by atoms with Crippen molar-refractivity contribution in [3.8, 4) is 0 Å². The SMILES string of the molecule is Cc1c(Cl)cccc1NC(=O)NCc1cc2n(n1)CCN(CC(C)C)C2. The molecule has 2 amide bonds. The number of carbonyl (C=O) groups is 1. The van der Waals surface area contributed by atoms with Crippen LogP contribution in [-0.4, -0.2) is 33.8 Å². The summed E-state index contributed by atoms with van der Waals surface area (Å²) < 4.78 is 2.05. The molecular formula is C19H26ClN5O. The number of anilines is 1. The maximum Gasteiger partial charge on any atom is 0.319 e. The van der Waals surface area contributed by atoms with Gasteiger partial charge in [-0.2, -0.15) is 5.10 Å². The predicted octanol–water partition coefficient (Wildman–Crippen LogP) is 3.64. The molecule has 0 unspecified atom stereocenters. The van der Waals surface area contributed by atoms with E-state index >= 15 is 0 Å². The Hall–Kier alpha value is -2.05. The molecule has 0 aliphatic carbocycles. The Balaban J connectivity index is 1.55. The quantitative estimate of drug-likeness (QED) is 0.838. The minimum Gasteiger partial charge on any atom is -0.332 e. The van der Waals surface area contributed by atoms with E-state index in [0.29, 0.717) is 23.2 Å². The summed E-state index contributed by atoms with van der Waals surface area (Å²) in [4.78, 5) is 14.6. The highest BCUT2D eigenvalue weighted by Gasteiger charge is 2.19. The van der Waals surface area contributed by atoms with Crippen LogP contribution in [0.3, 0.4) is 0 Å². The molecule has 0 bridgehead atoms. The maximum atomic E-state index is 12.2. The van der Waals surface area contributed by atoms with Crippen LogP contribution in [0.25, 0.3) is 0 Å². The molecule has 0 saturated heterocycles. The van der Waals surface area contributed by atoms with Crippen molar-refractivity contribution in [1.82, 2.24) is 20.0 Å². The van der Waals surface area contributed by atoms with Crippen LogP contribution in [0.15, 0.2) is 24.3 Å². The summed E-state index contributed by atoms with van der Waals surface area (Å²) in [5, 5.41) is 10.9. The monoisotopic (exact) mass is 375 g/mol. The molecule has 2 heterocycles. The number of nitrogens with one attached hydrogen (secondary N) is 2. The maximum absolute atomic E-state index is 12.2. The van der Waals surface area contributed by atoms with Crippen LogP contribution in [0.4, 0.5) is 10.5 Å². The van der Waals surface area contributed by atoms with Crippen LogP contribution in [-0.2, 0) is 19.6 Å². The van der Waals surface area contributed by atoms with Gasteiger partial charge in [-0.25, -0.2) is 4.79 Å². The van der Waals surface area contributed by atoms with E-state index in [2.05, 4.69) is 40.5 Å². The lowest BCUT2D eigenvalue weighted by Gasteiger charge is -2.28. The van der Waals surface area contributed by atoms with Gasteiger partial charge in [0.25, 0.3) is 0 Å². The molecule has 1 aliphatic rings. The Morgan fingerprint density at radius 3 is 2.92 bits per heavy atom. The van der Waals surface area contributed by atoms with Crippen LogP contribution in [0.2, 0.25) is 5.02 Å². The minimum atomic E-state index is -0.261. The molecule has 0 saturated carbocycles. The van der Waals surface area contributed by atoms with Crippen LogP contribution in [0.5, 0.6) is 0 Å². The molecule has 0 fully saturated rings. The molecule has 26 heavy (non-hydrogen) atoms. The second-order valence-corrected chi connectivity index (χ2v) is 7.61. The molecule has 0 atom stereocenters. The molecule has 1 aromatic heterocycles. The molecule has 7 heteroatoms. The number of nitrogens with zero attached hydrogens (tertiary/aromatic N) is 3. The van der Waals surface area contributed by atoms with Gasteiger partial charge >= 0.3 is 6.03 Å². The van der Waals surface area contributed by atoms with Crippen molar-refractivity contribution < 1.29 is 4.79 Å². The number of amides is 2. The van der Waals surface area contributed by atoms with E-state index in [1.54, 1.807) is 6.07 Å². The summed E-state index contributed by atoms with van der Waals surface area (Å²) in [6.07, 6.45) is 0. The van der Waals surface area contributed by atoms with Gasteiger partial charge in [0, 0.05) is 30.3 Å². The first-order chi connectivity index (χ1) is 12.4. The number of hydrogen-bond acceptors (Lipinski definition) is 3. The predicted molar refractivity (Wildman–Crippen MR) is 104 cm³/mol. The summed E-state index contributed by atoms with van der Waals surface area (Å²) in [5.41, 5.74) is 3.65. The van der Waals surface area contributed by atoms with Gasteiger partial charge in [0.2, 0.25) is 0 Å². The number of urea groups is 1. The van der Waals surface area contributed by atoms with Crippen LogP contribution in [0.1, 0.15) is 30.8 Å². The zero-order chi connectivity index (χ0) is 18.7. The van der Waals surface area contributed by atoms with E-state index in [1.165, 1.54) is 5.69 Å². The summed E-state index contributed by atoms with van der Waals surface area (Å²) in [7, 11) is 0. The van der Waals surface area contributed by atoms with Crippen molar-refractivity contribution in [2.45, 2.75) is 40.4 Å². The van der Waals surface area contributed by atoms with E-state index in [9.17, 15) is 4.79 Å². The highest BCUT2D eigenvalue weighted by Crippen LogP contribution is 2.22. The Bertz CT molecular complexity index is 786. The third-order valence-corrected chi connectivity index (χ3v) is 4.91. The summed E-state index contributed by atoms with van der Waals surface area (Å²) >= 11 is 6.08. The molecule has 0 radical (unpaired) electrons. The first-order valence-electron chi connectivity index (χ1n) is 9.00. The van der Waals surface area contributed by atoms with E-state index in [1.807, 2.05) is 23.7 Å². The summed E-state index contributed by atoms with van der Waals surface area (Å²) in [6, 6.07) is 7.27. The smallest absolute Gasteiger partial charge is 0.319 e. The first-order valence-corrected chi connectivity index (χ1v) is 9.38. The average molecular weight is 376 g/mol. The normalized spacial score (nSPS) is 14.3. The van der Waals surface area contributed by atoms with Gasteiger partial charge in [0.1, 0.15) is 0 Å². The van der Waals surface area contributed by atoms with Crippen molar-refractivity contribution in [3.05, 3.63) is 46.2 Å². The Morgan fingerprint density at radius 2 is 2.15 bits per heavy atom. The van der Waals surface area contributed by atoms with Crippen molar-refractivity contribution in [3.63, 3.8) is 0 Å². The van der Waals surface area contributed by atoms with Gasteiger partial charge in [0.05, 0.1) is 24.5 Å². The van der Waals surface area contributed by atoms with E-state index in [-0.39, 0.29) is 6.03 Å². The fourth-order valence-corrected chi connectivity index (χ4v) is 3.39. The zero-order valence-electron chi connectivity index (χ0n) is 15.6. The summed E-state index contributed by atoms with van der Waals surface area (Å²) in [6.45, 7) is 10.7. The number of aromatic nitrogens is 2. The van der Waals surface area contributed by atoms with Crippen molar-refractivity contribution in [1.29, 1.82) is 0 Å². The highest BCUT2D eigenvalue weighted by molar-refractivity contribution is 6.31. The molecule has 2 N–H and O–H groups in total. The standard InChI is InChI=1S/C19H26ClN5O/c1-13(2)11-24-7-8-25-16(12-24)9-15(23-25)10-21-19(26)22-18-6-4-5-17(20)14(18)3/h4-6,9,13H,7-8,10-12H2,1-3H3,(H2,21,22,26). The van der Waals surface area contributed by atoms with Gasteiger partial charge in [0.15, 0.2) is 0 Å². The zero-order valence-corrected chi connectivity index (χ0v) is 16.3. The van der Waals surface area contributed by atoms with Crippen molar-refractivity contribution in [2.75, 3.05) is 18.4 Å². The topological polar surface area (TPSA) is 62.2 Å². The number of halogens is 1. The van der Waals surface area contributed by atoms with Crippen molar-refractivity contribution in [2.24, 2.45) is 5.92 Å². The molecule has 140 valence electrons. The third kappa shape index (κ3) is 4.56. The lowest BCUT2D eigenvalue weighted by molar-refractivity contribution is 0.192. The fourth-order valence-electron chi connectivity index (χ4n) is 3.22. The molecular weight excluding hydrogens is 350 g/mol. The largest absolute Gasteiger partial charge is 0.332 e. The lowest BCUT2D eigenvalue weighted by Crippen LogP contribution is -2.36. The van der Waals surface area contributed by atoms with E-state index in [4.69, 9.17) is 11.6 Å². The van der Waals surface area contributed by atoms with Gasteiger partial charge in [-0.05, 0) is 36.6 Å². The molecule has 0 spiro atoms. The van der Waals surface area contributed by atoms with E-state index in [0.717, 1.165) is 37.4 Å². The highest BCUT2D eigenvalue weighted by atomic mass is 35.5. The number of fused-ring (bicyclic) bond motifs is 1. The number of carbonyl (C=O) groups excluding carboxylic acids is 1. The van der Waals surface area contributed by atoms with E-state index < -0.39 is 0 Å². The van der Waals surface area contributed by atoms with Gasteiger partial charge in [-0.15, -0.1) is 0 Å². The van der Waals surface area contributed by atoms with Gasteiger partial charge in [-0.3, -0.25) is 9.58 Å². The number of rotatable bonds is 5. The Labute approximate surface area is 159 Å². The first kappa shape index (κ1) is 18.7. The van der Waals surface area contributed by atoms with Crippen molar-refractivity contribution >= 4 is 23.3 Å². The van der Waals surface area contributed by atoms with Crippen LogP contribution >= 0.6 is 11.6 Å². The molecule has 3 rings (SSSR count). The third-order valence-electron chi connectivity index (χ3n) is 4.50. The second-order valence-electron chi connectivity index (χ2n) is 7.20. The Morgan fingerprint density at radius 1 is 1.35 bits per heavy atom. The van der Waals surface area contributed by atoms with Gasteiger partial charge in [-0.1, -0.05) is 31.5 Å². The Kier molecular flexibility index (Phi) is 5.84. The minimum absolute atomic E-state index is 0.261. The summed E-state index contributed by atoms with van der Waals surface area (Å²) in [5.74, 6) is 0.657. The average Bonchev–Trinajstić information content (AvgIpc) is 2.99. The molecule has 1 aromatic carbocycles. The van der Waals surface area contributed by atoms with Crippen LogP contribution < -0.4 is 10.6 Å². The van der Waals surface area contributed by atoms with Gasteiger partial charge < -0.3 is 10.6 Å². The second kappa shape index (κ2) is 8.10. The van der Waals surface area contributed by atoms with Crippen LogP contribution in [0, 0.1) is 12.8 Å². The molecule has 6 nitrogen and oxygen atoms in total. The number of benzene rings is 1. The lowest BCUT2D eigenvalue weighted by atomic mass is 10.2. The fraction of sp³-hybridized carbons (Fsp3) is 0.474. The molecule has 1 aliphatic heterocycles. The molecule has 2 aromatic rings.